The average Bonchev–Trinajstić information content (AvgIpc) is 2.01. The van der Waals surface area contributed by atoms with Crippen LogP contribution < -0.4 is 5.73 Å². The second-order valence-electron chi connectivity index (χ2n) is 2.87. The summed E-state index contributed by atoms with van der Waals surface area (Å²) < 4.78 is 0. The van der Waals surface area contributed by atoms with Crippen molar-refractivity contribution in [2.45, 2.75) is 26.3 Å². The molecule has 0 spiro atoms. The van der Waals surface area contributed by atoms with Crippen molar-refractivity contribution < 1.29 is 0 Å². The van der Waals surface area contributed by atoms with Crippen molar-refractivity contribution in [3.05, 3.63) is 28.5 Å². The van der Waals surface area contributed by atoms with E-state index >= 15 is 0 Å². The smallest absolute Gasteiger partial charge is 0.0588 e. The van der Waals surface area contributed by atoms with Crippen LogP contribution in [0.3, 0.4) is 0 Å². The molecule has 0 aliphatic carbocycles. The summed E-state index contributed by atoms with van der Waals surface area (Å²) in [5.74, 6) is 0. The molecule has 0 saturated heterocycles. The largest absolute Gasteiger partial charge is 0.323 e. The van der Waals surface area contributed by atoms with Crippen LogP contribution in [0.1, 0.15) is 30.8 Å². The highest BCUT2D eigenvalue weighted by Crippen LogP contribution is 2.17. The molecule has 1 aromatic rings. The molecule has 3 heteroatoms. The van der Waals surface area contributed by atoms with Gasteiger partial charge in [0.05, 0.1) is 5.69 Å². The number of nitrogens with zero attached hydrogens (tertiary/aromatic N) is 1. The lowest BCUT2D eigenvalue weighted by Gasteiger charge is -2.08. The molecular weight excluding hydrogens is 172 g/mol. The van der Waals surface area contributed by atoms with Crippen molar-refractivity contribution in [3.8, 4) is 0 Å². The van der Waals surface area contributed by atoms with E-state index in [0.717, 1.165) is 17.8 Å². The third-order valence-electron chi connectivity index (χ3n) is 1.76. The number of hydrogen-bond donors (Lipinski definition) is 1. The molecule has 0 saturated carbocycles. The first kappa shape index (κ1) is 9.49. The van der Waals surface area contributed by atoms with Crippen molar-refractivity contribution in [3.63, 3.8) is 0 Å². The van der Waals surface area contributed by atoms with Crippen LogP contribution >= 0.6 is 11.6 Å². The first-order valence-electron chi connectivity index (χ1n) is 4.03. The predicted octanol–water partition coefficient (Wildman–Crippen LogP) is 2.45. The molecule has 66 valence electrons. The summed E-state index contributed by atoms with van der Waals surface area (Å²) in [5, 5.41) is 0.710. The number of nitrogens with two attached hydrogens (primary N) is 1. The third kappa shape index (κ3) is 2.19. The van der Waals surface area contributed by atoms with Crippen molar-refractivity contribution >= 4 is 11.6 Å². The fraction of sp³-hybridized carbons (Fsp3) is 0.444. The van der Waals surface area contributed by atoms with E-state index in [0.29, 0.717) is 5.02 Å². The number of rotatable bonds is 2. The van der Waals surface area contributed by atoms with Gasteiger partial charge in [-0.15, -0.1) is 0 Å². The van der Waals surface area contributed by atoms with Gasteiger partial charge in [-0.25, -0.2) is 0 Å². The van der Waals surface area contributed by atoms with Gasteiger partial charge in [0.15, 0.2) is 0 Å². The number of aryl methyl sites for hydroxylation is 1. The number of hydrogen-bond acceptors (Lipinski definition) is 2. The number of pyridine rings is 1. The molecule has 0 amide bonds. The standard InChI is InChI=1S/C9H13ClN2/c1-3-8(11)9-5-7(10)4-6(2)12-9/h4-5,8H,3,11H2,1-2H3. The van der Waals surface area contributed by atoms with Crippen molar-refractivity contribution in [1.82, 2.24) is 4.98 Å². The molecule has 12 heavy (non-hydrogen) atoms. The molecule has 0 fully saturated rings. The molecular formula is C9H13ClN2. The fourth-order valence-corrected chi connectivity index (χ4v) is 1.32. The Hall–Kier alpha value is -0.600. The van der Waals surface area contributed by atoms with Crippen LogP contribution in [0.25, 0.3) is 0 Å². The van der Waals surface area contributed by atoms with Crippen LogP contribution in [-0.4, -0.2) is 4.98 Å². The van der Waals surface area contributed by atoms with Crippen LogP contribution in [0.5, 0.6) is 0 Å². The summed E-state index contributed by atoms with van der Waals surface area (Å²) in [4.78, 5) is 4.30. The summed E-state index contributed by atoms with van der Waals surface area (Å²) >= 11 is 5.86. The van der Waals surface area contributed by atoms with Gasteiger partial charge in [0, 0.05) is 16.8 Å². The Balaban J connectivity index is 3.00. The van der Waals surface area contributed by atoms with Crippen LogP contribution in [0, 0.1) is 6.92 Å². The zero-order valence-corrected chi connectivity index (χ0v) is 8.10. The highest BCUT2D eigenvalue weighted by atomic mass is 35.5. The summed E-state index contributed by atoms with van der Waals surface area (Å²) in [6.45, 7) is 3.94. The highest BCUT2D eigenvalue weighted by Gasteiger charge is 2.05. The van der Waals surface area contributed by atoms with Crippen molar-refractivity contribution in [2.75, 3.05) is 0 Å². The highest BCUT2D eigenvalue weighted by molar-refractivity contribution is 6.30. The van der Waals surface area contributed by atoms with Crippen LogP contribution in [0.4, 0.5) is 0 Å². The lowest BCUT2D eigenvalue weighted by atomic mass is 10.1. The Morgan fingerprint density at radius 1 is 1.58 bits per heavy atom. The SMILES string of the molecule is CCC(N)c1cc(Cl)cc(C)n1. The van der Waals surface area contributed by atoms with E-state index in [1.807, 2.05) is 26.0 Å². The van der Waals surface area contributed by atoms with Crippen molar-refractivity contribution in [1.29, 1.82) is 0 Å². The predicted molar refractivity (Wildman–Crippen MR) is 51.2 cm³/mol. The quantitative estimate of drug-likeness (QED) is 0.767. The Morgan fingerprint density at radius 3 is 2.75 bits per heavy atom. The van der Waals surface area contributed by atoms with E-state index in [1.165, 1.54) is 0 Å². The summed E-state index contributed by atoms with van der Waals surface area (Å²) in [6.07, 6.45) is 0.882. The van der Waals surface area contributed by atoms with Gasteiger partial charge in [0.2, 0.25) is 0 Å². The van der Waals surface area contributed by atoms with Crippen molar-refractivity contribution in [2.24, 2.45) is 5.73 Å². The second kappa shape index (κ2) is 3.87. The Kier molecular flexibility index (Phi) is 3.06. The zero-order valence-electron chi connectivity index (χ0n) is 7.34. The van der Waals surface area contributed by atoms with Crippen LogP contribution in [0.2, 0.25) is 5.02 Å². The van der Waals surface area contributed by atoms with Crippen LogP contribution in [0.15, 0.2) is 12.1 Å². The lowest BCUT2D eigenvalue weighted by Crippen LogP contribution is -2.10. The van der Waals surface area contributed by atoms with Gasteiger partial charge in [-0.05, 0) is 25.5 Å². The van der Waals surface area contributed by atoms with Gasteiger partial charge in [-0.1, -0.05) is 18.5 Å². The molecule has 0 bridgehead atoms. The Morgan fingerprint density at radius 2 is 2.25 bits per heavy atom. The number of halogens is 1. The van der Waals surface area contributed by atoms with Gasteiger partial charge >= 0.3 is 0 Å². The molecule has 0 radical (unpaired) electrons. The molecule has 1 atom stereocenters. The zero-order chi connectivity index (χ0) is 9.14. The summed E-state index contributed by atoms with van der Waals surface area (Å²) in [5.41, 5.74) is 7.61. The third-order valence-corrected chi connectivity index (χ3v) is 1.98. The maximum absolute atomic E-state index is 5.86. The van der Waals surface area contributed by atoms with Crippen LogP contribution in [-0.2, 0) is 0 Å². The van der Waals surface area contributed by atoms with Gasteiger partial charge in [-0.3, -0.25) is 4.98 Å². The number of aromatic nitrogens is 1. The maximum atomic E-state index is 5.86. The van der Waals surface area contributed by atoms with Gasteiger partial charge in [-0.2, -0.15) is 0 Å². The van der Waals surface area contributed by atoms with E-state index in [-0.39, 0.29) is 6.04 Å². The fourth-order valence-electron chi connectivity index (χ4n) is 1.05. The molecule has 0 aromatic carbocycles. The minimum Gasteiger partial charge on any atom is -0.323 e. The minimum absolute atomic E-state index is 0.00222. The molecule has 0 aliphatic heterocycles. The van der Waals surface area contributed by atoms with E-state index in [1.54, 1.807) is 0 Å². The Labute approximate surface area is 77.8 Å². The van der Waals surface area contributed by atoms with E-state index in [2.05, 4.69) is 4.98 Å². The molecule has 1 aromatic heterocycles. The van der Waals surface area contributed by atoms with E-state index < -0.39 is 0 Å². The second-order valence-corrected chi connectivity index (χ2v) is 3.30. The summed E-state index contributed by atoms with van der Waals surface area (Å²) in [7, 11) is 0. The molecule has 2 N–H and O–H groups in total. The molecule has 2 nitrogen and oxygen atoms in total. The molecule has 0 aliphatic rings. The van der Waals surface area contributed by atoms with Gasteiger partial charge in [0.1, 0.15) is 0 Å². The maximum Gasteiger partial charge on any atom is 0.0588 e. The van der Waals surface area contributed by atoms with E-state index in [4.69, 9.17) is 17.3 Å². The average molecular weight is 185 g/mol. The first-order chi connectivity index (χ1) is 5.63. The molecule has 1 rings (SSSR count). The first-order valence-corrected chi connectivity index (χ1v) is 4.41. The van der Waals surface area contributed by atoms with Gasteiger partial charge in [0.25, 0.3) is 0 Å². The molecule has 1 unspecified atom stereocenters. The molecule has 1 heterocycles. The summed E-state index contributed by atoms with van der Waals surface area (Å²) in [6, 6.07) is 3.65. The lowest BCUT2D eigenvalue weighted by molar-refractivity contribution is 0.673. The topological polar surface area (TPSA) is 38.9 Å². The normalized spacial score (nSPS) is 13.0. The minimum atomic E-state index is 0.00222. The van der Waals surface area contributed by atoms with E-state index in [9.17, 15) is 0 Å². The van der Waals surface area contributed by atoms with Gasteiger partial charge < -0.3 is 5.73 Å². The monoisotopic (exact) mass is 184 g/mol. The Bertz CT molecular complexity index is 253.